The number of aryl methyl sites for hydroxylation is 1. The first-order valence-corrected chi connectivity index (χ1v) is 6.63. The van der Waals surface area contributed by atoms with Gasteiger partial charge in [-0.15, -0.1) is 0 Å². The number of amides is 1. The third-order valence-corrected chi connectivity index (χ3v) is 3.65. The Hall–Kier alpha value is -1.11. The molecule has 6 heteroatoms. The molecule has 0 aliphatic heterocycles. The average molecular weight is 331 g/mol. The van der Waals surface area contributed by atoms with Crippen molar-refractivity contribution >= 4 is 21.8 Å². The lowest BCUT2D eigenvalue weighted by atomic mass is 9.98. The van der Waals surface area contributed by atoms with Crippen molar-refractivity contribution in [3.8, 4) is 5.75 Å². The second-order valence-corrected chi connectivity index (χ2v) is 5.19. The van der Waals surface area contributed by atoms with Gasteiger partial charge >= 0.3 is 0 Å². The highest BCUT2D eigenvalue weighted by molar-refractivity contribution is 9.10. The fourth-order valence-corrected chi connectivity index (χ4v) is 2.52. The number of nitrogens with two attached hydrogens (primary N) is 2. The van der Waals surface area contributed by atoms with Crippen LogP contribution < -0.4 is 16.2 Å². The molecule has 19 heavy (non-hydrogen) atoms. The van der Waals surface area contributed by atoms with E-state index in [0.717, 1.165) is 26.9 Å². The number of carbonyl (C=O) groups excluding carboxylic acids is 1. The molecule has 1 amide bonds. The van der Waals surface area contributed by atoms with Crippen LogP contribution in [0.4, 0.5) is 0 Å². The van der Waals surface area contributed by atoms with Crippen LogP contribution in [0.3, 0.4) is 0 Å². The summed E-state index contributed by atoms with van der Waals surface area (Å²) in [5, 5.41) is 0. The topological polar surface area (TPSA) is 87.6 Å². The summed E-state index contributed by atoms with van der Waals surface area (Å²) in [7, 11) is 1.61. The molecule has 0 saturated heterocycles. The molecule has 1 aromatic rings. The van der Waals surface area contributed by atoms with Gasteiger partial charge in [0.2, 0.25) is 5.91 Å². The van der Waals surface area contributed by atoms with Gasteiger partial charge in [-0.3, -0.25) is 4.79 Å². The number of ether oxygens (including phenoxy) is 2. The molecule has 1 rings (SSSR count). The minimum atomic E-state index is -0.513. The zero-order valence-electron chi connectivity index (χ0n) is 11.3. The van der Waals surface area contributed by atoms with Crippen LogP contribution >= 0.6 is 15.9 Å². The summed E-state index contributed by atoms with van der Waals surface area (Å²) in [5.41, 5.74) is 14.0. The lowest BCUT2D eigenvalue weighted by Gasteiger charge is -2.21. The van der Waals surface area contributed by atoms with Gasteiger partial charge in [-0.05, 0) is 31.0 Å². The van der Waals surface area contributed by atoms with E-state index in [9.17, 15) is 4.79 Å². The minimum Gasteiger partial charge on any atom is -0.496 e. The molecule has 0 aromatic heterocycles. The summed E-state index contributed by atoms with van der Waals surface area (Å²) in [5.74, 6) is 0.234. The Labute approximate surface area is 121 Å². The molecule has 106 valence electrons. The molecule has 1 aromatic carbocycles. The number of primary amides is 1. The molecule has 0 saturated carbocycles. The second kappa shape index (κ2) is 6.88. The number of halogens is 1. The molecule has 0 bridgehead atoms. The summed E-state index contributed by atoms with van der Waals surface area (Å²) < 4.78 is 11.6. The lowest BCUT2D eigenvalue weighted by molar-refractivity contribution is -0.122. The summed E-state index contributed by atoms with van der Waals surface area (Å²) in [6.07, 6.45) is 0. The molecule has 0 spiro atoms. The van der Waals surface area contributed by atoms with Crippen LogP contribution in [0.1, 0.15) is 22.7 Å². The van der Waals surface area contributed by atoms with Crippen LogP contribution in [-0.2, 0) is 9.53 Å². The van der Waals surface area contributed by atoms with E-state index in [0.29, 0.717) is 0 Å². The maximum atomic E-state index is 10.6. The number of rotatable bonds is 6. The summed E-state index contributed by atoms with van der Waals surface area (Å²) in [6, 6.07) is 1.60. The van der Waals surface area contributed by atoms with Gasteiger partial charge in [0, 0.05) is 10.0 Å². The Bertz CT molecular complexity index is 477. The minimum absolute atomic E-state index is 0.137. The second-order valence-electron chi connectivity index (χ2n) is 4.34. The van der Waals surface area contributed by atoms with Crippen molar-refractivity contribution in [1.82, 2.24) is 0 Å². The number of carbonyl (C=O) groups is 1. The van der Waals surface area contributed by atoms with Crippen molar-refractivity contribution in [2.24, 2.45) is 11.5 Å². The first-order chi connectivity index (χ1) is 8.88. The summed E-state index contributed by atoms with van der Waals surface area (Å²) >= 11 is 3.49. The van der Waals surface area contributed by atoms with Gasteiger partial charge in [0.15, 0.2) is 0 Å². The van der Waals surface area contributed by atoms with Gasteiger partial charge < -0.3 is 20.9 Å². The summed E-state index contributed by atoms with van der Waals surface area (Å²) in [4.78, 5) is 10.6. The maximum absolute atomic E-state index is 10.6. The molecule has 4 N–H and O–H groups in total. The SMILES string of the molecule is COc1c(C)cc(Br)c(C)c1C(N)COCC(N)=O. The van der Waals surface area contributed by atoms with Crippen LogP contribution in [0.25, 0.3) is 0 Å². The standard InChI is InChI=1S/C13H19BrN2O3/c1-7-4-9(14)8(2)12(13(7)18-3)10(15)5-19-6-11(16)17/h4,10H,5-6,15H2,1-3H3,(H2,16,17). The molecular weight excluding hydrogens is 312 g/mol. The van der Waals surface area contributed by atoms with E-state index < -0.39 is 5.91 Å². The highest BCUT2D eigenvalue weighted by Crippen LogP contribution is 2.35. The number of hydrogen-bond donors (Lipinski definition) is 2. The zero-order valence-corrected chi connectivity index (χ0v) is 12.9. The third-order valence-electron chi connectivity index (χ3n) is 2.82. The van der Waals surface area contributed by atoms with Gasteiger partial charge in [-0.2, -0.15) is 0 Å². The monoisotopic (exact) mass is 330 g/mol. The predicted octanol–water partition coefficient (Wildman–Crippen LogP) is 1.58. The zero-order chi connectivity index (χ0) is 14.6. The van der Waals surface area contributed by atoms with Gasteiger partial charge in [-0.25, -0.2) is 0 Å². The van der Waals surface area contributed by atoms with Crippen molar-refractivity contribution in [3.63, 3.8) is 0 Å². The van der Waals surface area contributed by atoms with Crippen molar-refractivity contribution in [3.05, 3.63) is 27.2 Å². The molecule has 0 fully saturated rings. The van der Waals surface area contributed by atoms with E-state index in [2.05, 4.69) is 15.9 Å². The molecule has 5 nitrogen and oxygen atoms in total. The first-order valence-electron chi connectivity index (χ1n) is 5.83. The molecule has 0 aliphatic rings. The molecule has 0 heterocycles. The Morgan fingerprint density at radius 1 is 1.47 bits per heavy atom. The van der Waals surface area contributed by atoms with Gasteiger partial charge in [-0.1, -0.05) is 15.9 Å². The number of benzene rings is 1. The fraction of sp³-hybridized carbons (Fsp3) is 0.462. The van der Waals surface area contributed by atoms with Crippen molar-refractivity contribution in [2.75, 3.05) is 20.3 Å². The first kappa shape index (κ1) is 15.9. The maximum Gasteiger partial charge on any atom is 0.243 e. The summed E-state index contributed by atoms with van der Waals surface area (Å²) in [6.45, 7) is 3.97. The highest BCUT2D eigenvalue weighted by Gasteiger charge is 2.19. The molecular formula is C13H19BrN2O3. The Kier molecular flexibility index (Phi) is 5.78. The molecule has 0 radical (unpaired) electrons. The molecule has 0 aliphatic carbocycles. The largest absolute Gasteiger partial charge is 0.496 e. The van der Waals surface area contributed by atoms with Crippen LogP contribution in [0.5, 0.6) is 5.75 Å². The van der Waals surface area contributed by atoms with Crippen LogP contribution in [0.15, 0.2) is 10.5 Å². The third kappa shape index (κ3) is 3.92. The van der Waals surface area contributed by atoms with Crippen LogP contribution in [0, 0.1) is 13.8 Å². The van der Waals surface area contributed by atoms with Gasteiger partial charge in [0.25, 0.3) is 0 Å². The van der Waals surface area contributed by atoms with E-state index in [4.69, 9.17) is 20.9 Å². The Morgan fingerprint density at radius 3 is 2.63 bits per heavy atom. The van der Waals surface area contributed by atoms with Crippen molar-refractivity contribution < 1.29 is 14.3 Å². The van der Waals surface area contributed by atoms with E-state index in [1.165, 1.54) is 0 Å². The predicted molar refractivity (Wildman–Crippen MR) is 77.1 cm³/mol. The van der Waals surface area contributed by atoms with E-state index in [-0.39, 0.29) is 19.3 Å². The van der Waals surface area contributed by atoms with E-state index in [1.54, 1.807) is 7.11 Å². The number of hydrogen-bond acceptors (Lipinski definition) is 4. The highest BCUT2D eigenvalue weighted by atomic mass is 79.9. The molecule has 1 atom stereocenters. The Balaban J connectivity index is 3.00. The van der Waals surface area contributed by atoms with E-state index in [1.807, 2.05) is 19.9 Å². The van der Waals surface area contributed by atoms with Gasteiger partial charge in [0.1, 0.15) is 12.4 Å². The smallest absolute Gasteiger partial charge is 0.243 e. The van der Waals surface area contributed by atoms with Crippen LogP contribution in [0.2, 0.25) is 0 Å². The van der Waals surface area contributed by atoms with Crippen molar-refractivity contribution in [1.29, 1.82) is 0 Å². The fourth-order valence-electron chi connectivity index (χ4n) is 1.96. The Morgan fingerprint density at radius 2 is 2.11 bits per heavy atom. The van der Waals surface area contributed by atoms with Gasteiger partial charge in [0.05, 0.1) is 19.8 Å². The normalized spacial score (nSPS) is 12.3. The van der Waals surface area contributed by atoms with Crippen LogP contribution in [-0.4, -0.2) is 26.2 Å². The number of methoxy groups -OCH3 is 1. The average Bonchev–Trinajstić information content (AvgIpc) is 2.32. The van der Waals surface area contributed by atoms with E-state index >= 15 is 0 Å². The quantitative estimate of drug-likeness (QED) is 0.828. The van der Waals surface area contributed by atoms with Crippen molar-refractivity contribution in [2.45, 2.75) is 19.9 Å². The molecule has 1 unspecified atom stereocenters. The lowest BCUT2D eigenvalue weighted by Crippen LogP contribution is -2.24.